The maximum Gasteiger partial charge on any atom is 0.407 e. The third-order valence-corrected chi connectivity index (χ3v) is 6.54. The van der Waals surface area contributed by atoms with Crippen LogP contribution in [-0.2, 0) is 19.1 Å². The van der Waals surface area contributed by atoms with Crippen molar-refractivity contribution in [1.82, 2.24) is 10.6 Å². The second-order valence-corrected chi connectivity index (χ2v) is 8.87. The number of ether oxygens (including phenoxy) is 2. The Bertz CT molecular complexity index is 1000. The van der Waals surface area contributed by atoms with E-state index in [1.165, 1.54) is 11.1 Å². The Balaban J connectivity index is 1.12. The zero-order valence-corrected chi connectivity index (χ0v) is 19.0. The summed E-state index contributed by atoms with van der Waals surface area (Å²) in [4.78, 5) is 35.2. The van der Waals surface area contributed by atoms with Gasteiger partial charge < -0.3 is 25.2 Å². The van der Waals surface area contributed by atoms with Gasteiger partial charge in [-0.25, -0.2) is 4.79 Å². The summed E-state index contributed by atoms with van der Waals surface area (Å²) in [5.41, 5.74) is 4.07. The lowest BCUT2D eigenvalue weighted by Crippen LogP contribution is -2.54. The molecule has 2 aliphatic carbocycles. The predicted octanol–water partition coefficient (Wildman–Crippen LogP) is 3.45. The molecule has 2 aliphatic rings. The van der Waals surface area contributed by atoms with Crippen molar-refractivity contribution >= 4 is 18.0 Å². The van der Waals surface area contributed by atoms with Gasteiger partial charge in [-0.1, -0.05) is 48.5 Å². The van der Waals surface area contributed by atoms with Gasteiger partial charge in [0.05, 0.1) is 25.2 Å². The van der Waals surface area contributed by atoms with Crippen molar-refractivity contribution in [2.24, 2.45) is 0 Å². The number of carbonyl (C=O) groups is 3. The van der Waals surface area contributed by atoms with Crippen molar-refractivity contribution in [2.45, 2.75) is 43.6 Å². The fourth-order valence-corrected chi connectivity index (χ4v) is 4.74. The number of fused-ring (bicyclic) bond motifs is 3. The number of hydrogen-bond donors (Lipinski definition) is 3. The number of benzene rings is 2. The van der Waals surface area contributed by atoms with Crippen molar-refractivity contribution in [3.63, 3.8) is 0 Å². The van der Waals surface area contributed by atoms with E-state index in [1.54, 1.807) is 0 Å². The highest BCUT2D eigenvalue weighted by atomic mass is 16.5. The molecule has 0 bridgehead atoms. The summed E-state index contributed by atoms with van der Waals surface area (Å²) in [6, 6.07) is 16.3. The number of aliphatic carboxylic acids is 1. The van der Waals surface area contributed by atoms with Crippen LogP contribution in [0.2, 0.25) is 0 Å². The monoisotopic (exact) mass is 466 g/mol. The van der Waals surface area contributed by atoms with Crippen LogP contribution in [0.15, 0.2) is 48.5 Å². The minimum absolute atomic E-state index is 0.00741. The molecule has 0 heterocycles. The molecule has 0 unspecified atom stereocenters. The smallest absolute Gasteiger partial charge is 0.407 e. The average Bonchev–Trinajstić information content (AvgIpc) is 3.12. The molecule has 8 heteroatoms. The summed E-state index contributed by atoms with van der Waals surface area (Å²) >= 11 is 0. The Hall–Kier alpha value is -3.39. The van der Waals surface area contributed by atoms with Crippen LogP contribution >= 0.6 is 0 Å². The maximum absolute atomic E-state index is 12.1. The van der Waals surface area contributed by atoms with Crippen LogP contribution < -0.4 is 10.6 Å². The largest absolute Gasteiger partial charge is 0.481 e. The van der Waals surface area contributed by atoms with E-state index < -0.39 is 17.6 Å². The van der Waals surface area contributed by atoms with Gasteiger partial charge in [-0.2, -0.15) is 0 Å². The normalized spacial score (nSPS) is 15.5. The quantitative estimate of drug-likeness (QED) is 0.437. The molecular formula is C26H30N2O6. The summed E-state index contributed by atoms with van der Waals surface area (Å²) in [5, 5.41) is 14.5. The maximum atomic E-state index is 12.1. The van der Waals surface area contributed by atoms with Crippen molar-refractivity contribution in [3.8, 4) is 11.1 Å². The fraction of sp³-hybridized carbons (Fsp3) is 0.423. The van der Waals surface area contributed by atoms with Gasteiger partial charge in [-0.3, -0.25) is 9.59 Å². The van der Waals surface area contributed by atoms with Crippen molar-refractivity contribution in [3.05, 3.63) is 59.7 Å². The van der Waals surface area contributed by atoms with Crippen LogP contribution in [0.3, 0.4) is 0 Å². The summed E-state index contributed by atoms with van der Waals surface area (Å²) in [7, 11) is 0. The summed E-state index contributed by atoms with van der Waals surface area (Å²) < 4.78 is 10.9. The molecule has 2 amide bonds. The van der Waals surface area contributed by atoms with Gasteiger partial charge in [0.25, 0.3) is 0 Å². The predicted molar refractivity (Wildman–Crippen MR) is 125 cm³/mol. The first-order valence-corrected chi connectivity index (χ1v) is 11.7. The molecule has 1 saturated carbocycles. The van der Waals surface area contributed by atoms with Gasteiger partial charge >= 0.3 is 12.1 Å². The van der Waals surface area contributed by atoms with Gasteiger partial charge in [0.1, 0.15) is 6.61 Å². The molecule has 0 atom stereocenters. The Morgan fingerprint density at radius 3 is 2.21 bits per heavy atom. The Morgan fingerprint density at radius 2 is 1.62 bits per heavy atom. The molecule has 0 saturated heterocycles. The number of hydrogen-bond acceptors (Lipinski definition) is 5. The Labute approximate surface area is 198 Å². The lowest BCUT2D eigenvalue weighted by molar-refractivity contribution is -0.140. The number of carboxylic acids is 1. The third-order valence-electron chi connectivity index (χ3n) is 6.54. The van der Waals surface area contributed by atoms with Gasteiger partial charge in [-0.15, -0.1) is 0 Å². The third kappa shape index (κ3) is 5.56. The highest BCUT2D eigenvalue weighted by molar-refractivity contribution is 5.79. The fourth-order valence-electron chi connectivity index (χ4n) is 4.74. The number of amides is 2. The molecule has 2 aromatic rings. The first-order chi connectivity index (χ1) is 16.5. The Morgan fingerprint density at radius 1 is 0.971 bits per heavy atom. The SMILES string of the molecule is O=C(O)CC1(NC(=O)CCOCCNC(=O)OCC2c3ccccc3-c3ccccc32)CCC1. The molecule has 0 aliphatic heterocycles. The number of alkyl carbamates (subject to hydrolysis) is 1. The van der Waals surface area contributed by atoms with Crippen LogP contribution in [-0.4, -0.2) is 55.0 Å². The average molecular weight is 467 g/mol. The minimum Gasteiger partial charge on any atom is -0.481 e. The van der Waals surface area contributed by atoms with Gasteiger partial charge in [-0.05, 0) is 41.5 Å². The van der Waals surface area contributed by atoms with Crippen molar-refractivity contribution in [2.75, 3.05) is 26.4 Å². The molecule has 8 nitrogen and oxygen atoms in total. The molecule has 0 aromatic heterocycles. The number of carbonyl (C=O) groups excluding carboxylic acids is 2. The summed E-state index contributed by atoms with van der Waals surface area (Å²) in [6.07, 6.45) is 1.89. The molecule has 0 spiro atoms. The highest BCUT2D eigenvalue weighted by Gasteiger charge is 2.40. The second kappa shape index (κ2) is 10.7. The molecule has 0 radical (unpaired) electrons. The first kappa shape index (κ1) is 23.8. The van der Waals surface area contributed by atoms with Crippen molar-refractivity contribution < 1.29 is 29.0 Å². The van der Waals surface area contributed by atoms with E-state index in [1.807, 2.05) is 24.3 Å². The van der Waals surface area contributed by atoms with Crippen LogP contribution in [0.25, 0.3) is 11.1 Å². The zero-order chi connectivity index (χ0) is 24.0. The molecule has 4 rings (SSSR count). The molecule has 180 valence electrons. The topological polar surface area (TPSA) is 114 Å². The van der Waals surface area contributed by atoms with Gasteiger partial charge in [0.15, 0.2) is 0 Å². The summed E-state index contributed by atoms with van der Waals surface area (Å²) in [5.74, 6) is -1.12. The lowest BCUT2D eigenvalue weighted by atomic mass is 9.74. The van der Waals surface area contributed by atoms with E-state index in [0.29, 0.717) is 12.8 Å². The van der Waals surface area contributed by atoms with E-state index in [0.717, 1.165) is 17.5 Å². The molecule has 34 heavy (non-hydrogen) atoms. The summed E-state index contributed by atoms with van der Waals surface area (Å²) in [6.45, 7) is 0.958. The Kier molecular flexibility index (Phi) is 7.47. The van der Waals surface area contributed by atoms with E-state index >= 15 is 0 Å². The lowest BCUT2D eigenvalue weighted by Gasteiger charge is -2.41. The highest BCUT2D eigenvalue weighted by Crippen LogP contribution is 2.44. The number of rotatable bonds is 11. The minimum atomic E-state index is -0.907. The van der Waals surface area contributed by atoms with Gasteiger partial charge in [0.2, 0.25) is 5.91 Å². The molecule has 3 N–H and O–H groups in total. The van der Waals surface area contributed by atoms with E-state index in [9.17, 15) is 14.4 Å². The molecular weight excluding hydrogens is 436 g/mol. The van der Waals surface area contributed by atoms with Crippen LogP contribution in [0.4, 0.5) is 4.79 Å². The molecule has 1 fully saturated rings. The second-order valence-electron chi connectivity index (χ2n) is 8.87. The van der Waals surface area contributed by atoms with E-state index in [4.69, 9.17) is 14.6 Å². The zero-order valence-electron chi connectivity index (χ0n) is 19.0. The molecule has 2 aromatic carbocycles. The van der Waals surface area contributed by atoms with E-state index in [2.05, 4.69) is 34.9 Å². The van der Waals surface area contributed by atoms with Crippen molar-refractivity contribution in [1.29, 1.82) is 0 Å². The van der Waals surface area contributed by atoms with Crippen LogP contribution in [0, 0.1) is 0 Å². The number of carboxylic acid groups (broad SMARTS) is 1. The van der Waals surface area contributed by atoms with Crippen LogP contribution in [0.1, 0.15) is 49.1 Å². The first-order valence-electron chi connectivity index (χ1n) is 11.7. The van der Waals surface area contributed by atoms with Gasteiger partial charge in [0, 0.05) is 18.9 Å². The van der Waals surface area contributed by atoms with Crippen LogP contribution in [0.5, 0.6) is 0 Å². The number of nitrogens with one attached hydrogen (secondary N) is 2. The van der Waals surface area contributed by atoms with E-state index in [-0.39, 0.29) is 51.0 Å². The standard InChI is InChI=1S/C26H30N2O6/c29-23(28-26(11-5-12-26)16-24(30)31)10-14-33-15-13-27-25(32)34-17-22-20-8-3-1-6-18(20)19-7-2-4-9-21(19)22/h1-4,6-9,22H,5,10-17H2,(H,27,32)(H,28,29)(H,30,31).